The number of carboxylic acid groups (broad SMARTS) is 1. The van der Waals surface area contributed by atoms with Crippen LogP contribution in [0.5, 0.6) is 0 Å². The molecule has 7 rings (SSSR count). The van der Waals surface area contributed by atoms with Gasteiger partial charge in [0.25, 0.3) is 5.56 Å². The van der Waals surface area contributed by atoms with Gasteiger partial charge >= 0.3 is 5.97 Å². The number of carboxylic acids is 1. The monoisotopic (exact) mass is 669 g/mol. The number of hydrogen-bond donors (Lipinski definition) is 1. The molecule has 0 saturated heterocycles. The lowest BCUT2D eigenvalue weighted by molar-refractivity contribution is -0.432. The molecule has 0 amide bonds. The van der Waals surface area contributed by atoms with Gasteiger partial charge in [0.15, 0.2) is 5.71 Å². The molecule has 4 aromatic rings. The lowest BCUT2D eigenvalue weighted by Gasteiger charge is -2.27. The molecule has 226 valence electrons. The molecule has 0 radical (unpaired) electrons. The summed E-state index contributed by atoms with van der Waals surface area (Å²) < 4.78 is 4.88. The second-order valence-electron chi connectivity index (χ2n) is 12.3. The summed E-state index contributed by atoms with van der Waals surface area (Å²) in [5.74, 6) is -0.555. The quantitative estimate of drug-likeness (QED) is 0.321. The molecule has 2 aliphatic heterocycles. The zero-order valence-corrected chi connectivity index (χ0v) is 27.6. The third kappa shape index (κ3) is 4.88. The Labute approximate surface area is 271 Å². The third-order valence-electron chi connectivity index (χ3n) is 9.46. The summed E-state index contributed by atoms with van der Waals surface area (Å²) in [5, 5.41) is 9.73. The van der Waals surface area contributed by atoms with Crippen molar-refractivity contribution in [2.24, 2.45) is 0 Å². The summed E-state index contributed by atoms with van der Waals surface area (Å²) in [6.45, 7) is 6.89. The molecule has 1 aromatic heterocycles. The standard InChI is InChI=1S/C36H35N3O3S.BrH/c1-4-37-30-15-9-8-14-27(30)36(2,3)32(37)21-33-38(22-34(40)41)35(42)31(43-33)20-23-17-18-29-26(19-23)25-13-10-16-28(25)39(29)24-11-6-5-7-12-24;/h5-9,11-12,14-15,17-21,25,28H,4,10,13,16,22H2,1-3H3;1H/b31-20+;. The maximum Gasteiger partial charge on any atom is 0.323 e. The number of halogens is 1. The van der Waals surface area contributed by atoms with Crippen LogP contribution in [0, 0.1) is 0 Å². The Morgan fingerprint density at radius 1 is 1.05 bits per heavy atom. The maximum atomic E-state index is 13.7. The Morgan fingerprint density at radius 2 is 1.80 bits per heavy atom. The number of rotatable bonds is 6. The van der Waals surface area contributed by atoms with Gasteiger partial charge in [0.1, 0.15) is 17.8 Å². The van der Waals surface area contributed by atoms with Crippen LogP contribution in [-0.4, -0.2) is 38.5 Å². The van der Waals surface area contributed by atoms with E-state index in [1.165, 1.54) is 57.7 Å². The molecule has 0 spiro atoms. The van der Waals surface area contributed by atoms with Crippen molar-refractivity contribution in [3.63, 3.8) is 0 Å². The summed E-state index contributed by atoms with van der Waals surface area (Å²) in [6.07, 6.45) is 7.52. The minimum absolute atomic E-state index is 0. The molecule has 6 nitrogen and oxygen atoms in total. The number of fused-ring (bicyclic) bond motifs is 4. The highest BCUT2D eigenvalue weighted by molar-refractivity contribution is 7.07. The zero-order chi connectivity index (χ0) is 29.9. The van der Waals surface area contributed by atoms with E-state index in [-0.39, 0.29) is 34.5 Å². The molecular weight excluding hydrogens is 634 g/mol. The number of aromatic nitrogens is 1. The molecule has 8 heteroatoms. The molecule has 1 N–H and O–H groups in total. The lowest BCUT2D eigenvalue weighted by Crippen LogP contribution is -3.00. The van der Waals surface area contributed by atoms with Crippen LogP contribution in [-0.2, 0) is 16.8 Å². The average Bonchev–Trinajstić information content (AvgIpc) is 3.71. The molecular formula is C36H36BrN3O3S. The largest absolute Gasteiger partial charge is 1.00 e. The predicted molar refractivity (Wildman–Crippen MR) is 174 cm³/mol. The van der Waals surface area contributed by atoms with Crippen LogP contribution < -0.4 is 36.6 Å². The number of nitrogens with zero attached hydrogens (tertiary/aromatic N) is 3. The van der Waals surface area contributed by atoms with Gasteiger partial charge < -0.3 is 27.0 Å². The molecule has 3 heterocycles. The van der Waals surface area contributed by atoms with Crippen LogP contribution in [0.25, 0.3) is 12.2 Å². The first kappa shape index (κ1) is 30.3. The van der Waals surface area contributed by atoms with Gasteiger partial charge in [0.2, 0.25) is 5.69 Å². The Morgan fingerprint density at radius 3 is 2.55 bits per heavy atom. The topological polar surface area (TPSA) is 65.5 Å². The normalized spacial score (nSPS) is 20.5. The van der Waals surface area contributed by atoms with Crippen molar-refractivity contribution in [1.29, 1.82) is 0 Å². The van der Waals surface area contributed by atoms with Gasteiger partial charge in [0, 0.05) is 41.0 Å². The third-order valence-corrected chi connectivity index (χ3v) is 10.5. The van der Waals surface area contributed by atoms with Crippen molar-refractivity contribution in [2.45, 2.75) is 64.0 Å². The van der Waals surface area contributed by atoms with Crippen LogP contribution in [0.3, 0.4) is 0 Å². The second-order valence-corrected chi connectivity index (χ2v) is 13.3. The van der Waals surface area contributed by atoms with Gasteiger partial charge in [-0.15, -0.1) is 11.3 Å². The fraction of sp³-hybridized carbons (Fsp3) is 0.306. The van der Waals surface area contributed by atoms with Gasteiger partial charge in [0.05, 0.1) is 9.95 Å². The predicted octanol–water partition coefficient (Wildman–Crippen LogP) is 2.49. The second kappa shape index (κ2) is 11.6. The first-order chi connectivity index (χ1) is 20.8. The average molecular weight is 671 g/mol. The molecule has 44 heavy (non-hydrogen) atoms. The molecule has 3 aliphatic rings. The van der Waals surface area contributed by atoms with Crippen LogP contribution in [0.2, 0.25) is 0 Å². The Kier molecular flexibility index (Phi) is 8.01. The SMILES string of the molecule is CC[N+]1=C(/C=c2\s/c(=C/c3ccc4c(c3)C3CCCC3N4c3ccccc3)c(=O)n2CC(=O)O)C(C)(C)c2ccccc21.[Br-]. The van der Waals surface area contributed by atoms with E-state index in [1.807, 2.05) is 18.2 Å². The molecule has 2 atom stereocenters. The molecule has 1 aliphatic carbocycles. The number of anilines is 2. The van der Waals surface area contributed by atoms with Gasteiger partial charge in [-0.05, 0) is 75.1 Å². The summed E-state index contributed by atoms with van der Waals surface area (Å²) in [4.78, 5) is 28.1. The van der Waals surface area contributed by atoms with Crippen LogP contribution >= 0.6 is 11.3 Å². The number of para-hydroxylation sites is 2. The molecule has 3 aromatic carbocycles. The highest BCUT2D eigenvalue weighted by Gasteiger charge is 2.44. The fourth-order valence-electron chi connectivity index (χ4n) is 7.53. The Hall–Kier alpha value is -3.75. The van der Waals surface area contributed by atoms with E-state index in [9.17, 15) is 14.7 Å². The molecule has 2 unspecified atom stereocenters. The van der Waals surface area contributed by atoms with Crippen molar-refractivity contribution < 1.29 is 31.5 Å². The molecule has 1 fully saturated rings. The van der Waals surface area contributed by atoms with Gasteiger partial charge in [-0.3, -0.25) is 14.2 Å². The molecule has 1 saturated carbocycles. The van der Waals surface area contributed by atoms with Crippen molar-refractivity contribution in [1.82, 2.24) is 4.57 Å². The van der Waals surface area contributed by atoms with Crippen LogP contribution in [0.1, 0.15) is 62.6 Å². The number of hydrogen-bond acceptors (Lipinski definition) is 4. The van der Waals surface area contributed by atoms with E-state index in [4.69, 9.17) is 0 Å². The van der Waals surface area contributed by atoms with E-state index < -0.39 is 5.97 Å². The number of thiazole rings is 1. The summed E-state index contributed by atoms with van der Waals surface area (Å²) in [6, 6.07) is 26.0. The van der Waals surface area contributed by atoms with E-state index in [0.29, 0.717) is 21.2 Å². The summed E-state index contributed by atoms with van der Waals surface area (Å²) in [7, 11) is 0. The number of carbonyl (C=O) groups is 1. The summed E-state index contributed by atoms with van der Waals surface area (Å²) >= 11 is 1.37. The van der Waals surface area contributed by atoms with Crippen molar-refractivity contribution in [3.05, 3.63) is 109 Å². The van der Waals surface area contributed by atoms with Crippen molar-refractivity contribution in [2.75, 3.05) is 11.4 Å². The van der Waals surface area contributed by atoms with Crippen LogP contribution in [0.4, 0.5) is 17.1 Å². The molecule has 0 bridgehead atoms. The lowest BCUT2D eigenvalue weighted by atomic mass is 9.81. The highest BCUT2D eigenvalue weighted by Crippen LogP contribution is 2.52. The minimum Gasteiger partial charge on any atom is -1.00 e. The maximum absolute atomic E-state index is 13.7. The van der Waals surface area contributed by atoms with Crippen LogP contribution in [0.15, 0.2) is 77.6 Å². The van der Waals surface area contributed by atoms with Gasteiger partial charge in [-0.25, -0.2) is 0 Å². The van der Waals surface area contributed by atoms with Crippen molar-refractivity contribution in [3.8, 4) is 0 Å². The van der Waals surface area contributed by atoms with E-state index in [1.54, 1.807) is 0 Å². The highest BCUT2D eigenvalue weighted by atomic mass is 79.9. The zero-order valence-electron chi connectivity index (χ0n) is 25.2. The summed E-state index contributed by atoms with van der Waals surface area (Å²) in [5.41, 5.74) is 7.69. The Bertz CT molecular complexity index is 1980. The van der Waals surface area contributed by atoms with Gasteiger partial charge in [-0.2, -0.15) is 4.58 Å². The van der Waals surface area contributed by atoms with Gasteiger partial charge in [-0.1, -0.05) is 48.9 Å². The number of benzene rings is 3. The first-order valence-corrected chi connectivity index (χ1v) is 16.0. The fourth-order valence-corrected chi connectivity index (χ4v) is 8.57. The Balaban J connectivity index is 0.00000343. The van der Waals surface area contributed by atoms with E-state index >= 15 is 0 Å². The van der Waals surface area contributed by atoms with E-state index in [0.717, 1.165) is 23.5 Å². The first-order valence-electron chi connectivity index (χ1n) is 15.2. The minimum atomic E-state index is -1.03. The number of aliphatic carboxylic acids is 1. The smallest absolute Gasteiger partial charge is 0.323 e. The van der Waals surface area contributed by atoms with E-state index in [2.05, 4.69) is 97.0 Å². The van der Waals surface area contributed by atoms with Crippen molar-refractivity contribution >= 4 is 52.2 Å².